The summed E-state index contributed by atoms with van der Waals surface area (Å²) in [5, 5.41) is 8.79. The molecule has 7 nitrogen and oxygen atoms in total. The SMILES string of the molecule is COc1ccc(S(=O)(=O)NC2CCC(Oc3ccc(C#N)cn3)CC2)cc1. The van der Waals surface area contributed by atoms with Crippen molar-refractivity contribution in [3.8, 4) is 17.7 Å². The molecule has 0 bridgehead atoms. The van der Waals surface area contributed by atoms with Crippen molar-refractivity contribution in [3.05, 3.63) is 48.2 Å². The molecule has 1 heterocycles. The minimum absolute atomic E-state index is 0.00724. The highest BCUT2D eigenvalue weighted by molar-refractivity contribution is 7.89. The van der Waals surface area contributed by atoms with Crippen LogP contribution in [0.15, 0.2) is 47.5 Å². The van der Waals surface area contributed by atoms with Gasteiger partial charge in [-0.1, -0.05) is 0 Å². The second-order valence-corrected chi connectivity index (χ2v) is 8.10. The highest BCUT2D eigenvalue weighted by atomic mass is 32.2. The van der Waals surface area contributed by atoms with Gasteiger partial charge in [0.2, 0.25) is 15.9 Å². The first-order valence-electron chi connectivity index (χ1n) is 8.69. The Labute approximate surface area is 159 Å². The third-order valence-electron chi connectivity index (χ3n) is 4.52. The van der Waals surface area contributed by atoms with E-state index in [9.17, 15) is 8.42 Å². The van der Waals surface area contributed by atoms with E-state index in [2.05, 4.69) is 9.71 Å². The van der Waals surface area contributed by atoms with E-state index in [1.165, 1.54) is 25.4 Å². The fourth-order valence-corrected chi connectivity index (χ4v) is 4.33. The molecule has 1 fully saturated rings. The summed E-state index contributed by atoms with van der Waals surface area (Å²) in [6.45, 7) is 0. The number of ether oxygens (including phenoxy) is 2. The van der Waals surface area contributed by atoms with Gasteiger partial charge < -0.3 is 9.47 Å². The number of nitriles is 1. The van der Waals surface area contributed by atoms with E-state index in [0.717, 1.165) is 12.8 Å². The quantitative estimate of drug-likeness (QED) is 0.818. The van der Waals surface area contributed by atoms with Crippen molar-refractivity contribution < 1.29 is 17.9 Å². The highest BCUT2D eigenvalue weighted by Gasteiger charge is 2.26. The topological polar surface area (TPSA) is 101 Å². The Hall–Kier alpha value is -2.63. The Balaban J connectivity index is 1.53. The molecular formula is C19H21N3O4S. The smallest absolute Gasteiger partial charge is 0.240 e. The number of aromatic nitrogens is 1. The molecule has 0 atom stereocenters. The lowest BCUT2D eigenvalue weighted by Crippen LogP contribution is -2.39. The average Bonchev–Trinajstić information content (AvgIpc) is 2.70. The number of methoxy groups -OCH3 is 1. The van der Waals surface area contributed by atoms with Crippen LogP contribution in [0, 0.1) is 11.3 Å². The molecule has 142 valence electrons. The van der Waals surface area contributed by atoms with Crippen molar-refractivity contribution in [2.75, 3.05) is 7.11 Å². The van der Waals surface area contributed by atoms with Crippen molar-refractivity contribution in [2.45, 2.75) is 42.7 Å². The number of hydrogen-bond donors (Lipinski definition) is 1. The van der Waals surface area contributed by atoms with Crippen molar-refractivity contribution >= 4 is 10.0 Å². The first kappa shape index (κ1) is 19.1. The molecule has 0 radical (unpaired) electrons. The Bertz CT molecular complexity index is 897. The normalized spacial score (nSPS) is 19.9. The van der Waals surface area contributed by atoms with Gasteiger partial charge in [-0.25, -0.2) is 18.1 Å². The molecule has 1 aromatic carbocycles. The third-order valence-corrected chi connectivity index (χ3v) is 6.06. The maximum atomic E-state index is 12.5. The number of rotatable bonds is 6. The van der Waals surface area contributed by atoms with Gasteiger partial charge in [0, 0.05) is 18.3 Å². The molecule has 0 aliphatic heterocycles. The Morgan fingerprint density at radius 2 is 1.81 bits per heavy atom. The lowest BCUT2D eigenvalue weighted by molar-refractivity contribution is 0.138. The van der Waals surface area contributed by atoms with Crippen molar-refractivity contribution in [1.82, 2.24) is 9.71 Å². The molecule has 0 amide bonds. The van der Waals surface area contributed by atoms with Crippen LogP contribution in [0.4, 0.5) is 0 Å². The Morgan fingerprint density at radius 3 is 2.37 bits per heavy atom. The molecule has 0 unspecified atom stereocenters. The number of hydrogen-bond acceptors (Lipinski definition) is 6. The molecule has 1 aromatic heterocycles. The van der Waals surface area contributed by atoms with Gasteiger partial charge in [-0.05, 0) is 56.0 Å². The van der Waals surface area contributed by atoms with Crippen molar-refractivity contribution in [2.24, 2.45) is 0 Å². The summed E-state index contributed by atoms with van der Waals surface area (Å²) >= 11 is 0. The van der Waals surface area contributed by atoms with Crippen LogP contribution in [0.3, 0.4) is 0 Å². The Kier molecular flexibility index (Phi) is 5.94. The van der Waals surface area contributed by atoms with Crippen LogP contribution in [0.25, 0.3) is 0 Å². The molecule has 1 N–H and O–H groups in total. The number of sulfonamides is 1. The first-order valence-corrected chi connectivity index (χ1v) is 10.2. The maximum Gasteiger partial charge on any atom is 0.240 e. The summed E-state index contributed by atoms with van der Waals surface area (Å²) in [5.74, 6) is 1.10. The first-order chi connectivity index (χ1) is 13.0. The summed E-state index contributed by atoms with van der Waals surface area (Å²) in [5.41, 5.74) is 0.485. The molecular weight excluding hydrogens is 366 g/mol. The van der Waals surface area contributed by atoms with Gasteiger partial charge in [-0.15, -0.1) is 0 Å². The zero-order chi connectivity index (χ0) is 19.3. The molecule has 8 heteroatoms. The van der Waals surface area contributed by atoms with Crippen LogP contribution < -0.4 is 14.2 Å². The number of nitrogens with one attached hydrogen (secondary N) is 1. The molecule has 3 rings (SSSR count). The fourth-order valence-electron chi connectivity index (χ4n) is 3.03. The lowest BCUT2D eigenvalue weighted by Gasteiger charge is -2.29. The van der Waals surface area contributed by atoms with Gasteiger partial charge in [0.05, 0.1) is 17.6 Å². The molecule has 0 spiro atoms. The van der Waals surface area contributed by atoms with Crippen LogP contribution in [0.5, 0.6) is 11.6 Å². The average molecular weight is 387 g/mol. The minimum Gasteiger partial charge on any atom is -0.497 e. The van der Waals surface area contributed by atoms with Crippen LogP contribution in [-0.4, -0.2) is 32.7 Å². The second-order valence-electron chi connectivity index (χ2n) is 6.39. The number of pyridine rings is 1. The van der Waals surface area contributed by atoms with Gasteiger partial charge in [-0.2, -0.15) is 5.26 Å². The molecule has 27 heavy (non-hydrogen) atoms. The van der Waals surface area contributed by atoms with Crippen molar-refractivity contribution in [3.63, 3.8) is 0 Å². The van der Waals surface area contributed by atoms with Crippen molar-refractivity contribution in [1.29, 1.82) is 5.26 Å². The van der Waals surface area contributed by atoms with E-state index in [4.69, 9.17) is 14.7 Å². The molecule has 1 saturated carbocycles. The van der Waals surface area contributed by atoms with E-state index in [0.29, 0.717) is 30.0 Å². The highest BCUT2D eigenvalue weighted by Crippen LogP contribution is 2.24. The van der Waals surface area contributed by atoms with Crippen LogP contribution in [0.2, 0.25) is 0 Å². The van der Waals surface area contributed by atoms with Gasteiger partial charge in [0.25, 0.3) is 0 Å². The predicted octanol–water partition coefficient (Wildman–Crippen LogP) is 2.63. The Morgan fingerprint density at radius 1 is 1.11 bits per heavy atom. The van der Waals surface area contributed by atoms with E-state index >= 15 is 0 Å². The van der Waals surface area contributed by atoms with E-state index in [1.807, 2.05) is 6.07 Å². The largest absolute Gasteiger partial charge is 0.497 e. The van der Waals surface area contributed by atoms with Crippen LogP contribution in [-0.2, 0) is 10.0 Å². The zero-order valence-corrected chi connectivity index (χ0v) is 15.8. The second kappa shape index (κ2) is 8.37. The number of benzene rings is 1. The zero-order valence-electron chi connectivity index (χ0n) is 15.0. The van der Waals surface area contributed by atoms with E-state index in [-0.39, 0.29) is 17.0 Å². The third kappa shape index (κ3) is 4.96. The predicted molar refractivity (Wildman–Crippen MR) is 98.9 cm³/mol. The summed E-state index contributed by atoms with van der Waals surface area (Å²) in [6.07, 6.45) is 4.32. The standard InChI is InChI=1S/C19H21N3O4S/c1-25-16-7-9-18(10-8-16)27(23,24)22-15-3-5-17(6-4-15)26-19-11-2-14(12-20)13-21-19/h2,7-11,13,15,17,22H,3-6H2,1H3. The van der Waals surface area contributed by atoms with Gasteiger partial charge in [-0.3, -0.25) is 0 Å². The molecule has 1 aliphatic rings. The fraction of sp³-hybridized carbons (Fsp3) is 0.368. The number of nitrogens with zero attached hydrogens (tertiary/aromatic N) is 2. The summed E-state index contributed by atoms with van der Waals surface area (Å²) in [4.78, 5) is 4.33. The lowest BCUT2D eigenvalue weighted by atomic mass is 9.94. The summed E-state index contributed by atoms with van der Waals surface area (Å²) in [6, 6.07) is 11.6. The monoisotopic (exact) mass is 387 g/mol. The van der Waals surface area contributed by atoms with Crippen LogP contribution >= 0.6 is 0 Å². The molecule has 1 aliphatic carbocycles. The molecule has 2 aromatic rings. The summed E-state index contributed by atoms with van der Waals surface area (Å²) in [7, 11) is -2.02. The van der Waals surface area contributed by atoms with Gasteiger partial charge in [0.15, 0.2) is 0 Å². The molecule has 0 saturated heterocycles. The van der Waals surface area contributed by atoms with E-state index in [1.54, 1.807) is 24.3 Å². The maximum absolute atomic E-state index is 12.5. The van der Waals surface area contributed by atoms with Crippen LogP contribution in [0.1, 0.15) is 31.2 Å². The van der Waals surface area contributed by atoms with Gasteiger partial charge >= 0.3 is 0 Å². The van der Waals surface area contributed by atoms with Gasteiger partial charge in [0.1, 0.15) is 17.9 Å². The minimum atomic E-state index is -3.56. The summed E-state index contributed by atoms with van der Waals surface area (Å²) < 4.78 is 38.7. The van der Waals surface area contributed by atoms with E-state index < -0.39 is 10.0 Å².